The molecule has 0 unspecified atom stereocenters. The SMILES string of the molecule is COC(=O)CCNCC1CC1. The van der Waals surface area contributed by atoms with Crippen molar-refractivity contribution in [3.8, 4) is 0 Å². The summed E-state index contributed by atoms with van der Waals surface area (Å²) in [5.41, 5.74) is 0. The molecule has 0 aromatic heterocycles. The highest BCUT2D eigenvalue weighted by molar-refractivity contribution is 5.69. The molecule has 0 aliphatic heterocycles. The Bertz CT molecular complexity index is 132. The van der Waals surface area contributed by atoms with Crippen molar-refractivity contribution in [2.45, 2.75) is 19.3 Å². The Morgan fingerprint density at radius 2 is 2.36 bits per heavy atom. The van der Waals surface area contributed by atoms with Crippen molar-refractivity contribution < 1.29 is 9.53 Å². The molecule has 0 heterocycles. The lowest BCUT2D eigenvalue weighted by molar-refractivity contribution is -0.140. The number of carbonyl (C=O) groups excluding carboxylic acids is 1. The monoisotopic (exact) mass is 157 g/mol. The number of rotatable bonds is 5. The third kappa shape index (κ3) is 3.98. The summed E-state index contributed by atoms with van der Waals surface area (Å²) in [6, 6.07) is 0. The van der Waals surface area contributed by atoms with Gasteiger partial charge in [0.15, 0.2) is 0 Å². The largest absolute Gasteiger partial charge is 0.469 e. The summed E-state index contributed by atoms with van der Waals surface area (Å²) in [6.07, 6.45) is 3.19. The molecule has 1 saturated carbocycles. The van der Waals surface area contributed by atoms with E-state index in [0.717, 1.165) is 19.0 Å². The van der Waals surface area contributed by atoms with Crippen LogP contribution in [0.1, 0.15) is 19.3 Å². The summed E-state index contributed by atoms with van der Waals surface area (Å²) >= 11 is 0. The molecule has 3 nitrogen and oxygen atoms in total. The lowest BCUT2D eigenvalue weighted by Crippen LogP contribution is -2.20. The minimum absolute atomic E-state index is 0.131. The fraction of sp³-hybridized carbons (Fsp3) is 0.875. The van der Waals surface area contributed by atoms with Crippen molar-refractivity contribution in [2.24, 2.45) is 5.92 Å². The first kappa shape index (κ1) is 8.53. The molecule has 0 amide bonds. The van der Waals surface area contributed by atoms with Crippen LogP contribution in [-0.2, 0) is 9.53 Å². The predicted molar refractivity (Wildman–Crippen MR) is 42.2 cm³/mol. The molecule has 0 spiro atoms. The number of carbonyl (C=O) groups is 1. The number of hydrogen-bond acceptors (Lipinski definition) is 3. The second kappa shape index (κ2) is 4.34. The zero-order valence-electron chi connectivity index (χ0n) is 6.93. The molecule has 0 aromatic rings. The fourth-order valence-corrected chi connectivity index (χ4v) is 0.921. The highest BCUT2D eigenvalue weighted by atomic mass is 16.5. The molecule has 11 heavy (non-hydrogen) atoms. The summed E-state index contributed by atoms with van der Waals surface area (Å²) in [5.74, 6) is 0.751. The molecule has 1 N–H and O–H groups in total. The molecule has 1 fully saturated rings. The minimum Gasteiger partial charge on any atom is -0.469 e. The van der Waals surface area contributed by atoms with Gasteiger partial charge in [-0.2, -0.15) is 0 Å². The Balaban J connectivity index is 1.82. The Kier molecular flexibility index (Phi) is 3.36. The molecule has 0 aromatic carbocycles. The normalized spacial score (nSPS) is 16.5. The Hall–Kier alpha value is -0.570. The molecule has 0 atom stereocenters. The van der Waals surface area contributed by atoms with E-state index < -0.39 is 0 Å². The number of nitrogens with one attached hydrogen (secondary N) is 1. The third-order valence-corrected chi connectivity index (χ3v) is 1.86. The Labute approximate surface area is 67.1 Å². The van der Waals surface area contributed by atoms with Crippen LogP contribution in [0.5, 0.6) is 0 Å². The van der Waals surface area contributed by atoms with Gasteiger partial charge in [0.1, 0.15) is 0 Å². The second-order valence-electron chi connectivity index (χ2n) is 2.97. The van der Waals surface area contributed by atoms with Crippen LogP contribution in [0.2, 0.25) is 0 Å². The van der Waals surface area contributed by atoms with Gasteiger partial charge in [-0.3, -0.25) is 4.79 Å². The van der Waals surface area contributed by atoms with Gasteiger partial charge in [-0.1, -0.05) is 0 Å². The van der Waals surface area contributed by atoms with E-state index >= 15 is 0 Å². The summed E-state index contributed by atoms with van der Waals surface area (Å²) < 4.78 is 4.49. The topological polar surface area (TPSA) is 38.3 Å². The maximum absolute atomic E-state index is 10.6. The van der Waals surface area contributed by atoms with Crippen molar-refractivity contribution in [1.82, 2.24) is 5.32 Å². The van der Waals surface area contributed by atoms with E-state index in [4.69, 9.17) is 0 Å². The first-order chi connectivity index (χ1) is 5.33. The molecular weight excluding hydrogens is 142 g/mol. The van der Waals surface area contributed by atoms with Gasteiger partial charge in [-0.05, 0) is 25.3 Å². The lowest BCUT2D eigenvalue weighted by Gasteiger charge is -2.01. The average Bonchev–Trinajstić information content (AvgIpc) is 2.81. The average molecular weight is 157 g/mol. The van der Waals surface area contributed by atoms with E-state index in [9.17, 15) is 4.79 Å². The van der Waals surface area contributed by atoms with E-state index in [2.05, 4.69) is 10.1 Å². The zero-order chi connectivity index (χ0) is 8.10. The summed E-state index contributed by atoms with van der Waals surface area (Å²) in [4.78, 5) is 10.6. The van der Waals surface area contributed by atoms with Crippen molar-refractivity contribution >= 4 is 5.97 Å². The van der Waals surface area contributed by atoms with Gasteiger partial charge in [0.2, 0.25) is 0 Å². The van der Waals surface area contributed by atoms with Gasteiger partial charge >= 0.3 is 5.97 Å². The highest BCUT2D eigenvalue weighted by Crippen LogP contribution is 2.27. The van der Waals surface area contributed by atoms with Crippen LogP contribution in [0.25, 0.3) is 0 Å². The second-order valence-corrected chi connectivity index (χ2v) is 2.97. The van der Waals surface area contributed by atoms with Gasteiger partial charge < -0.3 is 10.1 Å². The maximum Gasteiger partial charge on any atom is 0.306 e. The summed E-state index contributed by atoms with van der Waals surface area (Å²) in [6.45, 7) is 1.82. The van der Waals surface area contributed by atoms with Gasteiger partial charge in [0, 0.05) is 6.54 Å². The van der Waals surface area contributed by atoms with Crippen molar-refractivity contribution in [3.63, 3.8) is 0 Å². The van der Waals surface area contributed by atoms with Gasteiger partial charge in [0.25, 0.3) is 0 Å². The van der Waals surface area contributed by atoms with E-state index in [0.29, 0.717) is 6.42 Å². The molecule has 0 bridgehead atoms. The number of methoxy groups -OCH3 is 1. The van der Waals surface area contributed by atoms with Crippen molar-refractivity contribution in [3.05, 3.63) is 0 Å². The van der Waals surface area contributed by atoms with Crippen LogP contribution in [0.3, 0.4) is 0 Å². The van der Waals surface area contributed by atoms with Gasteiger partial charge in [-0.25, -0.2) is 0 Å². The van der Waals surface area contributed by atoms with Crippen molar-refractivity contribution in [2.75, 3.05) is 20.2 Å². The molecule has 1 rings (SSSR count). The van der Waals surface area contributed by atoms with Gasteiger partial charge in [-0.15, -0.1) is 0 Å². The van der Waals surface area contributed by atoms with Crippen LogP contribution < -0.4 is 5.32 Å². The predicted octanol–water partition coefficient (Wildman–Crippen LogP) is 0.549. The zero-order valence-corrected chi connectivity index (χ0v) is 6.93. The number of hydrogen-bond donors (Lipinski definition) is 1. The van der Waals surface area contributed by atoms with E-state index in [1.807, 2.05) is 0 Å². The number of esters is 1. The first-order valence-corrected chi connectivity index (χ1v) is 4.10. The van der Waals surface area contributed by atoms with E-state index in [-0.39, 0.29) is 5.97 Å². The van der Waals surface area contributed by atoms with Crippen LogP contribution in [-0.4, -0.2) is 26.2 Å². The first-order valence-electron chi connectivity index (χ1n) is 4.10. The van der Waals surface area contributed by atoms with E-state index in [1.54, 1.807) is 0 Å². The summed E-state index contributed by atoms with van der Waals surface area (Å²) in [7, 11) is 1.42. The van der Waals surface area contributed by atoms with Crippen LogP contribution >= 0.6 is 0 Å². The Morgan fingerprint density at radius 3 is 2.91 bits per heavy atom. The lowest BCUT2D eigenvalue weighted by atomic mass is 10.4. The molecule has 0 radical (unpaired) electrons. The minimum atomic E-state index is -0.131. The van der Waals surface area contributed by atoms with Crippen molar-refractivity contribution in [1.29, 1.82) is 0 Å². The maximum atomic E-state index is 10.6. The quantitative estimate of drug-likeness (QED) is 0.468. The molecule has 1 aliphatic carbocycles. The molecule has 0 saturated heterocycles. The van der Waals surface area contributed by atoms with E-state index in [1.165, 1.54) is 20.0 Å². The summed E-state index contributed by atoms with van der Waals surface area (Å²) in [5, 5.41) is 3.21. The molecule has 1 aliphatic rings. The molecule has 3 heteroatoms. The highest BCUT2D eigenvalue weighted by Gasteiger charge is 2.20. The molecule has 64 valence electrons. The molecular formula is C8H15NO2. The number of ether oxygens (including phenoxy) is 1. The third-order valence-electron chi connectivity index (χ3n) is 1.86. The Morgan fingerprint density at radius 1 is 1.64 bits per heavy atom. The smallest absolute Gasteiger partial charge is 0.306 e. The fourth-order valence-electron chi connectivity index (χ4n) is 0.921. The van der Waals surface area contributed by atoms with Crippen LogP contribution in [0.4, 0.5) is 0 Å². The van der Waals surface area contributed by atoms with Gasteiger partial charge in [0.05, 0.1) is 13.5 Å². The van der Waals surface area contributed by atoms with Crippen LogP contribution in [0.15, 0.2) is 0 Å². The van der Waals surface area contributed by atoms with Crippen LogP contribution in [0, 0.1) is 5.92 Å². The standard InChI is InChI=1S/C8H15NO2/c1-11-8(10)4-5-9-6-7-2-3-7/h7,9H,2-6H2,1H3.